The molecule has 1 aromatic carbocycles. The number of guanidine groups is 1. The maximum absolute atomic E-state index is 13.5. The molecule has 0 aromatic heterocycles. The van der Waals surface area contributed by atoms with Crippen molar-refractivity contribution in [3.05, 3.63) is 34.1 Å². The SMILES string of the molecule is COC(=O)[C@H](CCCN/C(N)=N\[N+](=O)[O-])NS(=O)(=O)c1cc(F)ccc1OC. The predicted octanol–water partition coefficient (Wildman–Crippen LogP) is -0.470. The second kappa shape index (κ2) is 10.4. The first kappa shape index (κ1) is 23.0. The van der Waals surface area contributed by atoms with Crippen LogP contribution in [0.1, 0.15) is 12.8 Å². The Labute approximate surface area is 160 Å². The molecule has 0 saturated heterocycles. The topological polar surface area (TPSA) is 175 Å². The Morgan fingerprint density at radius 1 is 1.43 bits per heavy atom. The number of carbonyl (C=O) groups is 1. The smallest absolute Gasteiger partial charge is 0.323 e. The molecule has 1 atom stereocenters. The Bertz CT molecular complexity index is 846. The number of sulfonamides is 1. The normalized spacial score (nSPS) is 12.9. The number of carbonyl (C=O) groups excluding carboxylic acids is 1. The number of benzene rings is 1. The van der Waals surface area contributed by atoms with Crippen molar-refractivity contribution in [3.63, 3.8) is 0 Å². The van der Waals surface area contributed by atoms with Gasteiger partial charge in [-0.3, -0.25) is 4.79 Å². The average molecular weight is 421 g/mol. The van der Waals surface area contributed by atoms with Crippen LogP contribution in [0.5, 0.6) is 5.75 Å². The lowest BCUT2D eigenvalue weighted by Gasteiger charge is -2.18. The Hall–Kier alpha value is -3.00. The van der Waals surface area contributed by atoms with Gasteiger partial charge in [0.2, 0.25) is 10.0 Å². The highest BCUT2D eigenvalue weighted by Gasteiger charge is 2.28. The summed E-state index contributed by atoms with van der Waals surface area (Å²) in [5.74, 6) is -2.22. The lowest BCUT2D eigenvalue weighted by atomic mass is 10.2. The second-order valence-electron chi connectivity index (χ2n) is 5.28. The summed E-state index contributed by atoms with van der Waals surface area (Å²) in [6, 6.07) is 1.63. The largest absolute Gasteiger partial charge is 0.495 e. The molecule has 0 heterocycles. The molecule has 0 spiro atoms. The number of hydrazone groups is 1. The van der Waals surface area contributed by atoms with Crippen molar-refractivity contribution < 1.29 is 32.1 Å². The molecule has 0 unspecified atom stereocenters. The lowest BCUT2D eigenvalue weighted by molar-refractivity contribution is -0.485. The van der Waals surface area contributed by atoms with E-state index >= 15 is 0 Å². The van der Waals surface area contributed by atoms with Gasteiger partial charge < -0.3 is 20.5 Å². The summed E-state index contributed by atoms with van der Waals surface area (Å²) < 4.78 is 50.2. The van der Waals surface area contributed by atoms with Gasteiger partial charge in [0, 0.05) is 6.54 Å². The van der Waals surface area contributed by atoms with E-state index in [2.05, 4.69) is 19.9 Å². The monoisotopic (exact) mass is 421 g/mol. The van der Waals surface area contributed by atoms with E-state index in [0.29, 0.717) is 0 Å². The van der Waals surface area contributed by atoms with Crippen molar-refractivity contribution in [3.8, 4) is 5.75 Å². The maximum Gasteiger partial charge on any atom is 0.323 e. The quantitative estimate of drug-likeness (QED) is 0.113. The number of methoxy groups -OCH3 is 2. The summed E-state index contributed by atoms with van der Waals surface area (Å²) >= 11 is 0. The number of nitrogens with one attached hydrogen (secondary N) is 2. The summed E-state index contributed by atoms with van der Waals surface area (Å²) in [7, 11) is -2.03. The number of halogens is 1. The van der Waals surface area contributed by atoms with Crippen LogP contribution in [0.25, 0.3) is 0 Å². The average Bonchev–Trinajstić information content (AvgIpc) is 2.62. The Kier molecular flexibility index (Phi) is 8.53. The fourth-order valence-corrected chi connectivity index (χ4v) is 3.52. The van der Waals surface area contributed by atoms with Crippen LogP contribution in [0.15, 0.2) is 28.2 Å². The third kappa shape index (κ3) is 6.96. The molecule has 4 N–H and O–H groups in total. The molecule has 28 heavy (non-hydrogen) atoms. The van der Waals surface area contributed by atoms with E-state index in [9.17, 15) is 27.7 Å². The zero-order chi connectivity index (χ0) is 21.3. The fraction of sp³-hybridized carbons (Fsp3) is 0.429. The third-order valence-electron chi connectivity index (χ3n) is 3.36. The standard InChI is InChI=1S/C14H20FN5O7S/c1-26-11-6-5-9(15)8-12(11)28(24,25)19-10(13(21)27-2)4-3-7-17-14(16)18-20(22)23/h5-6,8,10,19H,3-4,7H2,1-2H3,(H3,16,17,18)/t10-/m0/s1. The van der Waals surface area contributed by atoms with Crippen molar-refractivity contribution in [2.24, 2.45) is 10.8 Å². The van der Waals surface area contributed by atoms with E-state index in [1.54, 1.807) is 0 Å². The number of hydrogen-bond donors (Lipinski definition) is 3. The highest BCUT2D eigenvalue weighted by atomic mass is 32.2. The fourth-order valence-electron chi connectivity index (χ4n) is 2.12. The van der Waals surface area contributed by atoms with Gasteiger partial charge in [-0.1, -0.05) is 0 Å². The summed E-state index contributed by atoms with van der Waals surface area (Å²) in [5, 5.41) is 14.4. The van der Waals surface area contributed by atoms with Crippen LogP contribution in [0.4, 0.5) is 4.39 Å². The molecule has 0 aliphatic rings. The first-order valence-electron chi connectivity index (χ1n) is 7.76. The molecule has 14 heteroatoms. The van der Waals surface area contributed by atoms with Crippen LogP contribution in [0, 0.1) is 15.9 Å². The number of hydrogen-bond acceptors (Lipinski definition) is 7. The van der Waals surface area contributed by atoms with Gasteiger partial charge in [-0.2, -0.15) is 4.72 Å². The Balaban J connectivity index is 2.87. The third-order valence-corrected chi connectivity index (χ3v) is 4.86. The summed E-state index contributed by atoms with van der Waals surface area (Å²) in [4.78, 5) is 21.6. The van der Waals surface area contributed by atoms with E-state index in [1.165, 1.54) is 7.11 Å². The van der Waals surface area contributed by atoms with Gasteiger partial charge in [0.05, 0.1) is 14.2 Å². The highest BCUT2D eigenvalue weighted by molar-refractivity contribution is 7.89. The van der Waals surface area contributed by atoms with Crippen LogP contribution < -0.4 is 20.5 Å². The van der Waals surface area contributed by atoms with E-state index in [-0.39, 0.29) is 25.1 Å². The summed E-state index contributed by atoms with van der Waals surface area (Å²) in [5.41, 5.74) is 5.25. The van der Waals surface area contributed by atoms with Gasteiger partial charge in [0.15, 0.2) is 5.03 Å². The molecule has 0 amide bonds. The summed E-state index contributed by atoms with van der Waals surface area (Å²) in [6.07, 6.45) is 0.138. The molecule has 156 valence electrons. The molecule has 12 nitrogen and oxygen atoms in total. The van der Waals surface area contributed by atoms with Crippen molar-refractivity contribution in [2.45, 2.75) is 23.8 Å². The van der Waals surface area contributed by atoms with Crippen LogP contribution in [0.2, 0.25) is 0 Å². The van der Waals surface area contributed by atoms with Crippen LogP contribution in [-0.2, 0) is 19.6 Å². The van der Waals surface area contributed by atoms with Crippen molar-refractivity contribution >= 4 is 22.0 Å². The first-order chi connectivity index (χ1) is 13.1. The van der Waals surface area contributed by atoms with Gasteiger partial charge >= 0.3 is 5.97 Å². The van der Waals surface area contributed by atoms with Crippen LogP contribution >= 0.6 is 0 Å². The highest BCUT2D eigenvalue weighted by Crippen LogP contribution is 2.24. The predicted molar refractivity (Wildman–Crippen MR) is 94.9 cm³/mol. The number of nitrogens with two attached hydrogens (primary N) is 1. The molecule has 1 aromatic rings. The number of esters is 1. The molecule has 0 fully saturated rings. The lowest BCUT2D eigenvalue weighted by Crippen LogP contribution is -2.42. The van der Waals surface area contributed by atoms with Gasteiger partial charge in [0.1, 0.15) is 27.6 Å². The van der Waals surface area contributed by atoms with Gasteiger partial charge in [-0.25, -0.2) is 22.9 Å². The minimum absolute atomic E-state index is 0.0394. The molecule has 0 aliphatic carbocycles. The minimum Gasteiger partial charge on any atom is -0.495 e. The summed E-state index contributed by atoms with van der Waals surface area (Å²) in [6.45, 7) is 0.0711. The van der Waals surface area contributed by atoms with E-state index in [1.807, 2.05) is 0 Å². The van der Waals surface area contributed by atoms with E-state index in [0.717, 1.165) is 25.3 Å². The van der Waals surface area contributed by atoms with Crippen molar-refractivity contribution in [1.29, 1.82) is 0 Å². The minimum atomic E-state index is -4.32. The van der Waals surface area contributed by atoms with E-state index in [4.69, 9.17) is 10.5 Å². The Morgan fingerprint density at radius 2 is 2.11 bits per heavy atom. The van der Waals surface area contributed by atoms with Crippen LogP contribution in [0.3, 0.4) is 0 Å². The molecule has 0 radical (unpaired) electrons. The van der Waals surface area contributed by atoms with Gasteiger partial charge in [-0.05, 0) is 31.0 Å². The molecule has 0 saturated carbocycles. The first-order valence-corrected chi connectivity index (χ1v) is 9.25. The molecule has 0 aliphatic heterocycles. The molecule has 1 rings (SSSR count). The second-order valence-corrected chi connectivity index (χ2v) is 6.97. The zero-order valence-electron chi connectivity index (χ0n) is 15.0. The van der Waals surface area contributed by atoms with E-state index < -0.39 is 43.7 Å². The maximum atomic E-state index is 13.5. The number of rotatable bonds is 10. The van der Waals surface area contributed by atoms with Crippen LogP contribution in [-0.4, -0.2) is 52.2 Å². The molecule has 0 bridgehead atoms. The molecular weight excluding hydrogens is 401 g/mol. The van der Waals surface area contributed by atoms with Crippen molar-refractivity contribution in [2.75, 3.05) is 20.8 Å². The Morgan fingerprint density at radius 3 is 2.68 bits per heavy atom. The zero-order valence-corrected chi connectivity index (χ0v) is 15.9. The number of nitrogens with zero attached hydrogens (tertiary/aromatic N) is 2. The van der Waals surface area contributed by atoms with Gasteiger partial charge in [0.25, 0.3) is 5.96 Å². The molecular formula is C14H20FN5O7S. The number of ether oxygens (including phenoxy) is 2. The number of nitro groups is 1. The van der Waals surface area contributed by atoms with Gasteiger partial charge in [-0.15, -0.1) is 0 Å². The van der Waals surface area contributed by atoms with Crippen molar-refractivity contribution in [1.82, 2.24) is 10.0 Å².